The number of amides is 2. The summed E-state index contributed by atoms with van der Waals surface area (Å²) in [6, 6.07) is 0.265. The number of rotatable bonds is 5. The monoisotopic (exact) mass is 331 g/mol. The first-order chi connectivity index (χ1) is 11.7. The second-order valence-corrected chi connectivity index (χ2v) is 6.01. The van der Waals surface area contributed by atoms with Crippen molar-refractivity contribution in [3.8, 4) is 0 Å². The highest BCUT2D eigenvalue weighted by molar-refractivity contribution is 6.05. The van der Waals surface area contributed by atoms with Crippen molar-refractivity contribution in [1.29, 1.82) is 0 Å². The molecule has 0 bridgehead atoms. The van der Waals surface area contributed by atoms with E-state index >= 15 is 0 Å². The number of ether oxygens (including phenoxy) is 1. The molecule has 2 heterocycles. The Bertz CT molecular complexity index is 721. The predicted octanol–water partition coefficient (Wildman–Crippen LogP) is 0.762. The van der Waals surface area contributed by atoms with E-state index in [9.17, 15) is 9.59 Å². The SMILES string of the molecule is COCC(=O)NC1CCC(NC(=O)c2c[nH]c3cncnc23)CC1. The van der Waals surface area contributed by atoms with Gasteiger partial charge in [-0.3, -0.25) is 9.59 Å². The van der Waals surface area contributed by atoms with Crippen LogP contribution in [0.5, 0.6) is 0 Å². The van der Waals surface area contributed by atoms with Crippen LogP contribution < -0.4 is 10.6 Å². The van der Waals surface area contributed by atoms with Gasteiger partial charge in [-0.1, -0.05) is 0 Å². The molecule has 0 aliphatic heterocycles. The van der Waals surface area contributed by atoms with Crippen LogP contribution in [0.15, 0.2) is 18.7 Å². The van der Waals surface area contributed by atoms with E-state index < -0.39 is 0 Å². The fourth-order valence-electron chi connectivity index (χ4n) is 3.09. The van der Waals surface area contributed by atoms with Crippen molar-refractivity contribution < 1.29 is 14.3 Å². The summed E-state index contributed by atoms with van der Waals surface area (Å²) >= 11 is 0. The minimum atomic E-state index is -0.133. The van der Waals surface area contributed by atoms with E-state index in [1.165, 1.54) is 13.4 Å². The van der Waals surface area contributed by atoms with Gasteiger partial charge in [-0.2, -0.15) is 0 Å². The lowest BCUT2D eigenvalue weighted by molar-refractivity contribution is -0.125. The Hall–Kier alpha value is -2.48. The zero-order valence-electron chi connectivity index (χ0n) is 13.5. The molecule has 1 saturated carbocycles. The highest BCUT2D eigenvalue weighted by Crippen LogP contribution is 2.20. The first-order valence-electron chi connectivity index (χ1n) is 8.03. The van der Waals surface area contributed by atoms with Gasteiger partial charge >= 0.3 is 0 Å². The molecule has 8 nitrogen and oxygen atoms in total. The average molecular weight is 331 g/mol. The number of H-pyrrole nitrogens is 1. The van der Waals surface area contributed by atoms with Crippen LogP contribution in [0.3, 0.4) is 0 Å². The Kier molecular flexibility index (Phi) is 5.05. The van der Waals surface area contributed by atoms with Crippen LogP contribution in [0.2, 0.25) is 0 Å². The van der Waals surface area contributed by atoms with E-state index in [1.807, 2.05) is 0 Å². The zero-order chi connectivity index (χ0) is 16.9. The van der Waals surface area contributed by atoms with E-state index in [0.717, 1.165) is 31.2 Å². The van der Waals surface area contributed by atoms with Crippen molar-refractivity contribution in [2.45, 2.75) is 37.8 Å². The lowest BCUT2D eigenvalue weighted by Crippen LogP contribution is -2.44. The summed E-state index contributed by atoms with van der Waals surface area (Å²) in [5.74, 6) is -0.227. The number of nitrogens with zero attached hydrogens (tertiary/aromatic N) is 2. The molecule has 3 N–H and O–H groups in total. The van der Waals surface area contributed by atoms with Gasteiger partial charge in [-0.15, -0.1) is 0 Å². The minimum absolute atomic E-state index is 0.0824. The zero-order valence-corrected chi connectivity index (χ0v) is 13.5. The molecule has 3 rings (SSSR count). The molecule has 0 atom stereocenters. The molecule has 2 aromatic heterocycles. The molecule has 1 aliphatic rings. The van der Waals surface area contributed by atoms with E-state index in [1.54, 1.807) is 12.4 Å². The summed E-state index contributed by atoms with van der Waals surface area (Å²) in [5, 5.41) is 6.00. The molecule has 0 unspecified atom stereocenters. The van der Waals surface area contributed by atoms with Gasteiger partial charge in [0.25, 0.3) is 5.91 Å². The summed E-state index contributed by atoms with van der Waals surface area (Å²) in [7, 11) is 1.50. The quantitative estimate of drug-likeness (QED) is 0.749. The Morgan fingerprint density at radius 1 is 1.25 bits per heavy atom. The summed E-state index contributed by atoms with van der Waals surface area (Å²) in [4.78, 5) is 35.1. The molecular weight excluding hydrogens is 310 g/mol. The highest BCUT2D eigenvalue weighted by Gasteiger charge is 2.24. The van der Waals surface area contributed by atoms with Gasteiger partial charge in [0.1, 0.15) is 18.5 Å². The van der Waals surface area contributed by atoms with Crippen LogP contribution in [0.25, 0.3) is 11.0 Å². The molecule has 0 radical (unpaired) electrons. The topological polar surface area (TPSA) is 109 Å². The van der Waals surface area contributed by atoms with Crippen LogP contribution in [0.4, 0.5) is 0 Å². The Morgan fingerprint density at radius 2 is 1.96 bits per heavy atom. The third-order valence-electron chi connectivity index (χ3n) is 4.29. The van der Waals surface area contributed by atoms with E-state index in [0.29, 0.717) is 11.1 Å². The number of aromatic amines is 1. The maximum Gasteiger partial charge on any atom is 0.255 e. The maximum atomic E-state index is 12.5. The minimum Gasteiger partial charge on any atom is -0.375 e. The van der Waals surface area contributed by atoms with Gasteiger partial charge in [0.15, 0.2) is 0 Å². The summed E-state index contributed by atoms with van der Waals surface area (Å²) in [6.45, 7) is 0.0824. The number of methoxy groups -OCH3 is 1. The summed E-state index contributed by atoms with van der Waals surface area (Å²) in [5.41, 5.74) is 1.90. The standard InChI is InChI=1S/C16H21N5O3/c1-24-8-14(22)20-10-2-4-11(5-3-10)21-16(23)12-6-18-13-7-17-9-19-15(12)13/h6-7,9-11,18H,2-5,8H2,1H3,(H,20,22)(H,21,23). The van der Waals surface area contributed by atoms with Gasteiger partial charge in [0, 0.05) is 25.4 Å². The molecule has 2 amide bonds. The number of fused-ring (bicyclic) bond motifs is 1. The lowest BCUT2D eigenvalue weighted by Gasteiger charge is -2.29. The highest BCUT2D eigenvalue weighted by atomic mass is 16.5. The fraction of sp³-hybridized carbons (Fsp3) is 0.500. The third kappa shape index (κ3) is 3.70. The largest absolute Gasteiger partial charge is 0.375 e. The first kappa shape index (κ1) is 16.4. The molecule has 1 fully saturated rings. The number of aromatic nitrogens is 3. The van der Waals surface area contributed by atoms with Crippen LogP contribution in [0, 0.1) is 0 Å². The van der Waals surface area contributed by atoms with Gasteiger partial charge in [0.05, 0.1) is 17.3 Å². The van der Waals surface area contributed by atoms with Crippen LogP contribution >= 0.6 is 0 Å². The van der Waals surface area contributed by atoms with Crippen LogP contribution in [-0.4, -0.2) is 52.6 Å². The molecule has 1 aliphatic carbocycles. The number of hydrogen-bond donors (Lipinski definition) is 3. The maximum absolute atomic E-state index is 12.5. The van der Waals surface area contributed by atoms with Crippen molar-refractivity contribution in [1.82, 2.24) is 25.6 Å². The molecule has 2 aromatic rings. The summed E-state index contributed by atoms with van der Waals surface area (Å²) in [6.07, 6.45) is 8.09. The Balaban J connectivity index is 1.53. The average Bonchev–Trinajstić information content (AvgIpc) is 3.01. The number of hydrogen-bond acceptors (Lipinski definition) is 5. The molecule has 24 heavy (non-hydrogen) atoms. The van der Waals surface area contributed by atoms with Gasteiger partial charge < -0.3 is 20.4 Å². The van der Waals surface area contributed by atoms with Crippen molar-refractivity contribution in [3.63, 3.8) is 0 Å². The van der Waals surface area contributed by atoms with Crippen molar-refractivity contribution in [2.75, 3.05) is 13.7 Å². The van der Waals surface area contributed by atoms with Crippen LogP contribution in [-0.2, 0) is 9.53 Å². The predicted molar refractivity (Wildman–Crippen MR) is 87.4 cm³/mol. The van der Waals surface area contributed by atoms with Crippen molar-refractivity contribution >= 4 is 22.8 Å². The van der Waals surface area contributed by atoms with Crippen molar-refractivity contribution in [3.05, 3.63) is 24.3 Å². The van der Waals surface area contributed by atoms with E-state index in [4.69, 9.17) is 4.74 Å². The number of nitrogens with one attached hydrogen (secondary N) is 3. The Labute approximate surface area is 139 Å². The first-order valence-corrected chi connectivity index (χ1v) is 8.03. The molecular formula is C16H21N5O3. The molecule has 0 saturated heterocycles. The van der Waals surface area contributed by atoms with Gasteiger partial charge in [-0.25, -0.2) is 9.97 Å². The normalized spacial score (nSPS) is 20.7. The van der Waals surface area contributed by atoms with E-state index in [2.05, 4.69) is 25.6 Å². The molecule has 8 heteroatoms. The fourth-order valence-corrected chi connectivity index (χ4v) is 3.09. The van der Waals surface area contributed by atoms with Crippen molar-refractivity contribution in [2.24, 2.45) is 0 Å². The lowest BCUT2D eigenvalue weighted by atomic mass is 9.91. The van der Waals surface area contributed by atoms with Crippen LogP contribution in [0.1, 0.15) is 36.0 Å². The molecule has 128 valence electrons. The summed E-state index contributed by atoms with van der Waals surface area (Å²) < 4.78 is 4.81. The molecule has 0 spiro atoms. The third-order valence-corrected chi connectivity index (χ3v) is 4.29. The van der Waals surface area contributed by atoms with E-state index in [-0.39, 0.29) is 30.5 Å². The number of carbonyl (C=O) groups is 2. The molecule has 0 aromatic carbocycles. The second-order valence-electron chi connectivity index (χ2n) is 6.01. The second kappa shape index (κ2) is 7.39. The smallest absolute Gasteiger partial charge is 0.255 e. The van der Waals surface area contributed by atoms with Gasteiger partial charge in [-0.05, 0) is 25.7 Å². The number of carbonyl (C=O) groups excluding carboxylic acids is 2. The van der Waals surface area contributed by atoms with Gasteiger partial charge in [0.2, 0.25) is 5.91 Å². The Morgan fingerprint density at radius 3 is 2.67 bits per heavy atom.